The summed E-state index contributed by atoms with van der Waals surface area (Å²) < 4.78 is 50.0. The van der Waals surface area contributed by atoms with Gasteiger partial charge in [0.1, 0.15) is 5.82 Å². The van der Waals surface area contributed by atoms with Crippen molar-refractivity contribution in [2.45, 2.75) is 32.0 Å². The quantitative estimate of drug-likeness (QED) is 0.782. The number of benzene rings is 1. The molecule has 0 spiro atoms. The fourth-order valence-corrected chi connectivity index (χ4v) is 1.40. The largest absolute Gasteiger partial charge is 0.419 e. The molecule has 1 nitrogen and oxygen atoms in total. The predicted molar refractivity (Wildman–Crippen MR) is 51.4 cm³/mol. The predicted octanol–water partition coefficient (Wildman–Crippen LogP) is 3.16. The van der Waals surface area contributed by atoms with Gasteiger partial charge in [0.05, 0.1) is 11.2 Å². The summed E-state index contributed by atoms with van der Waals surface area (Å²) in [5.41, 5.74) is -2.17. The summed E-state index contributed by atoms with van der Waals surface area (Å²) in [7, 11) is 0. The van der Waals surface area contributed by atoms with Crippen LogP contribution in [0.15, 0.2) is 18.2 Å². The number of halogens is 4. The molecule has 0 bridgehead atoms. The van der Waals surface area contributed by atoms with Crippen molar-refractivity contribution in [3.8, 4) is 0 Å². The smallest absolute Gasteiger partial charge is 0.390 e. The lowest BCUT2D eigenvalue weighted by Crippen LogP contribution is -2.22. The van der Waals surface area contributed by atoms with Crippen molar-refractivity contribution in [1.82, 2.24) is 0 Å². The third kappa shape index (κ3) is 3.48. The second-order valence-corrected chi connectivity index (χ2v) is 4.30. The normalized spacial score (nSPS) is 12.9. The van der Waals surface area contributed by atoms with Crippen LogP contribution < -0.4 is 0 Å². The molecule has 0 aliphatic heterocycles. The van der Waals surface area contributed by atoms with Gasteiger partial charge in [-0.05, 0) is 31.5 Å². The molecule has 1 aromatic carbocycles. The topological polar surface area (TPSA) is 20.2 Å². The molecule has 0 aromatic heterocycles. The maximum Gasteiger partial charge on any atom is 0.419 e. The van der Waals surface area contributed by atoms with E-state index in [4.69, 9.17) is 0 Å². The van der Waals surface area contributed by atoms with Gasteiger partial charge < -0.3 is 5.11 Å². The monoisotopic (exact) mass is 236 g/mol. The van der Waals surface area contributed by atoms with Crippen LogP contribution in [0, 0.1) is 5.82 Å². The van der Waals surface area contributed by atoms with Crippen molar-refractivity contribution in [3.63, 3.8) is 0 Å². The van der Waals surface area contributed by atoms with E-state index in [1.807, 2.05) is 0 Å². The van der Waals surface area contributed by atoms with E-state index >= 15 is 0 Å². The highest BCUT2D eigenvalue weighted by Crippen LogP contribution is 2.32. The number of alkyl halides is 3. The van der Waals surface area contributed by atoms with E-state index in [0.717, 1.165) is 12.1 Å². The van der Waals surface area contributed by atoms with Crippen molar-refractivity contribution in [3.05, 3.63) is 35.1 Å². The van der Waals surface area contributed by atoms with E-state index in [-0.39, 0.29) is 12.0 Å². The van der Waals surface area contributed by atoms with E-state index in [1.165, 1.54) is 19.9 Å². The zero-order valence-corrected chi connectivity index (χ0v) is 8.90. The lowest BCUT2D eigenvalue weighted by atomic mass is 9.97. The first-order chi connectivity index (χ1) is 7.09. The number of hydrogen-bond acceptors (Lipinski definition) is 1. The van der Waals surface area contributed by atoms with Crippen molar-refractivity contribution < 1.29 is 22.7 Å². The minimum absolute atomic E-state index is 0.0381. The molecular weight excluding hydrogens is 224 g/mol. The number of hydrogen-bond donors (Lipinski definition) is 1. The first-order valence-corrected chi connectivity index (χ1v) is 4.67. The Hall–Kier alpha value is -1.10. The molecule has 0 saturated carbocycles. The Labute approximate surface area is 90.7 Å². The molecule has 1 aromatic rings. The van der Waals surface area contributed by atoms with E-state index in [0.29, 0.717) is 0 Å². The molecule has 1 rings (SSSR count). The van der Waals surface area contributed by atoms with Crippen LogP contribution in [0.2, 0.25) is 0 Å². The van der Waals surface area contributed by atoms with Gasteiger partial charge in [0.2, 0.25) is 0 Å². The summed E-state index contributed by atoms with van der Waals surface area (Å²) in [6.45, 7) is 2.95. The summed E-state index contributed by atoms with van der Waals surface area (Å²) in [4.78, 5) is 0. The highest BCUT2D eigenvalue weighted by Gasteiger charge is 2.34. The van der Waals surface area contributed by atoms with Gasteiger partial charge in [-0.2, -0.15) is 13.2 Å². The van der Waals surface area contributed by atoms with Gasteiger partial charge in [0.15, 0.2) is 0 Å². The summed E-state index contributed by atoms with van der Waals surface area (Å²) in [5, 5.41) is 9.46. The molecule has 0 heterocycles. The van der Waals surface area contributed by atoms with Crippen LogP contribution in [-0.4, -0.2) is 10.7 Å². The Morgan fingerprint density at radius 1 is 1.19 bits per heavy atom. The second kappa shape index (κ2) is 4.05. The maximum atomic E-state index is 12.9. The first-order valence-electron chi connectivity index (χ1n) is 4.67. The third-order valence-electron chi connectivity index (χ3n) is 1.97. The lowest BCUT2D eigenvalue weighted by molar-refractivity contribution is -0.140. The van der Waals surface area contributed by atoms with Crippen molar-refractivity contribution in [1.29, 1.82) is 0 Å². The average molecular weight is 236 g/mol. The lowest BCUT2D eigenvalue weighted by Gasteiger charge is -2.18. The van der Waals surface area contributed by atoms with Crippen LogP contribution in [0.5, 0.6) is 0 Å². The Bertz CT molecular complexity index is 377. The fraction of sp³-hybridized carbons (Fsp3) is 0.455. The van der Waals surface area contributed by atoms with Crippen molar-refractivity contribution in [2.24, 2.45) is 0 Å². The Kier molecular flexibility index (Phi) is 3.28. The third-order valence-corrected chi connectivity index (χ3v) is 1.97. The van der Waals surface area contributed by atoms with Crippen LogP contribution >= 0.6 is 0 Å². The van der Waals surface area contributed by atoms with Crippen molar-refractivity contribution >= 4 is 0 Å². The molecule has 0 unspecified atom stereocenters. The molecule has 0 fully saturated rings. The standard InChI is InChI=1S/C11H12F4O/c1-10(2,16)6-7-3-4-9(12)8(5-7)11(13,14)15/h3-5,16H,6H2,1-2H3. The molecule has 90 valence electrons. The molecule has 0 aliphatic rings. The van der Waals surface area contributed by atoms with Crippen LogP contribution in [0.3, 0.4) is 0 Å². The molecule has 16 heavy (non-hydrogen) atoms. The molecule has 5 heteroatoms. The van der Waals surface area contributed by atoms with Gasteiger partial charge in [-0.25, -0.2) is 4.39 Å². The van der Waals surface area contributed by atoms with E-state index in [1.54, 1.807) is 0 Å². The minimum atomic E-state index is -4.71. The van der Waals surface area contributed by atoms with Crippen LogP contribution in [0.25, 0.3) is 0 Å². The fourth-order valence-electron chi connectivity index (χ4n) is 1.40. The van der Waals surface area contributed by atoms with Gasteiger partial charge >= 0.3 is 6.18 Å². The Morgan fingerprint density at radius 2 is 1.75 bits per heavy atom. The molecule has 1 N–H and O–H groups in total. The van der Waals surface area contributed by atoms with Gasteiger partial charge in [-0.1, -0.05) is 6.07 Å². The minimum Gasteiger partial charge on any atom is -0.390 e. The van der Waals surface area contributed by atoms with Gasteiger partial charge in [-0.15, -0.1) is 0 Å². The molecular formula is C11H12F4O. The maximum absolute atomic E-state index is 12.9. The van der Waals surface area contributed by atoms with E-state index in [9.17, 15) is 22.7 Å². The summed E-state index contributed by atoms with van der Waals surface area (Å²) in [5.74, 6) is -1.30. The summed E-state index contributed by atoms with van der Waals surface area (Å²) >= 11 is 0. The van der Waals surface area contributed by atoms with Crippen molar-refractivity contribution in [2.75, 3.05) is 0 Å². The SMILES string of the molecule is CC(C)(O)Cc1ccc(F)c(C(F)(F)F)c1. The highest BCUT2D eigenvalue weighted by molar-refractivity contribution is 5.28. The highest BCUT2D eigenvalue weighted by atomic mass is 19.4. The van der Waals surface area contributed by atoms with Gasteiger partial charge in [-0.3, -0.25) is 0 Å². The number of rotatable bonds is 2. The zero-order valence-electron chi connectivity index (χ0n) is 8.90. The molecule has 0 atom stereocenters. The van der Waals surface area contributed by atoms with Gasteiger partial charge in [0.25, 0.3) is 0 Å². The van der Waals surface area contributed by atoms with Crippen LogP contribution in [0.4, 0.5) is 17.6 Å². The molecule has 0 saturated heterocycles. The second-order valence-electron chi connectivity index (χ2n) is 4.30. The Balaban J connectivity index is 3.09. The molecule has 0 radical (unpaired) electrons. The zero-order chi connectivity index (χ0) is 12.6. The average Bonchev–Trinajstić information content (AvgIpc) is 2.04. The summed E-state index contributed by atoms with van der Waals surface area (Å²) in [6.07, 6.45) is -4.67. The molecule has 0 aliphatic carbocycles. The Morgan fingerprint density at radius 3 is 2.19 bits per heavy atom. The first kappa shape index (κ1) is 13.0. The summed E-state index contributed by atoms with van der Waals surface area (Å²) in [6, 6.07) is 2.74. The van der Waals surface area contributed by atoms with Gasteiger partial charge in [0, 0.05) is 6.42 Å². The molecule has 0 amide bonds. The van der Waals surface area contributed by atoms with Crippen LogP contribution in [-0.2, 0) is 12.6 Å². The van der Waals surface area contributed by atoms with Crippen LogP contribution in [0.1, 0.15) is 25.0 Å². The number of aliphatic hydroxyl groups is 1. The van der Waals surface area contributed by atoms with E-state index in [2.05, 4.69) is 0 Å². The van der Waals surface area contributed by atoms with E-state index < -0.39 is 23.2 Å².